The zero-order valence-corrected chi connectivity index (χ0v) is 27.2. The van der Waals surface area contributed by atoms with Crippen LogP contribution in [0.2, 0.25) is 0 Å². The fourth-order valence-electron chi connectivity index (χ4n) is 7.11. The van der Waals surface area contributed by atoms with Crippen molar-refractivity contribution in [2.45, 2.75) is 0 Å². The Bertz CT molecular complexity index is 2840. The van der Waals surface area contributed by atoms with E-state index in [1.807, 2.05) is 41.7 Å². The summed E-state index contributed by atoms with van der Waals surface area (Å²) in [6.07, 6.45) is 0. The fraction of sp³-hybridized carbons (Fsp3) is 0. The molecule has 8 aromatic carbocycles. The minimum atomic E-state index is 0.631. The number of oxazole rings is 1. The lowest BCUT2D eigenvalue weighted by Crippen LogP contribution is -2.10. The number of hydrogen-bond donors (Lipinski definition) is 0. The molecule has 0 saturated heterocycles. The average molecular weight is 645 g/mol. The van der Waals surface area contributed by atoms with Crippen LogP contribution >= 0.6 is 11.3 Å². The topological polar surface area (TPSA) is 29.3 Å². The predicted molar refractivity (Wildman–Crippen MR) is 207 cm³/mol. The van der Waals surface area contributed by atoms with Gasteiger partial charge in [0.1, 0.15) is 5.52 Å². The molecule has 0 aliphatic heterocycles. The normalized spacial score (nSPS) is 11.7. The highest BCUT2D eigenvalue weighted by molar-refractivity contribution is 7.25. The molecule has 0 aliphatic rings. The van der Waals surface area contributed by atoms with Crippen molar-refractivity contribution in [3.63, 3.8) is 0 Å². The van der Waals surface area contributed by atoms with Crippen molar-refractivity contribution in [3.8, 4) is 22.6 Å². The summed E-state index contributed by atoms with van der Waals surface area (Å²) in [5, 5.41) is 7.03. The van der Waals surface area contributed by atoms with Gasteiger partial charge in [-0.15, -0.1) is 11.3 Å². The number of nitrogens with zero attached hydrogens (tertiary/aromatic N) is 2. The molecule has 0 fully saturated rings. The molecule has 4 heteroatoms. The van der Waals surface area contributed by atoms with Gasteiger partial charge in [-0.2, -0.15) is 0 Å². The molecule has 0 N–H and O–H groups in total. The molecular weight excluding hydrogens is 617 g/mol. The van der Waals surface area contributed by atoms with Crippen molar-refractivity contribution < 1.29 is 4.42 Å². The summed E-state index contributed by atoms with van der Waals surface area (Å²) in [6, 6.07) is 60.5. The zero-order valence-electron chi connectivity index (χ0n) is 26.4. The number of aromatic nitrogens is 1. The third-order valence-electron chi connectivity index (χ3n) is 9.45. The molecule has 0 radical (unpaired) electrons. The Labute approximate surface area is 286 Å². The average Bonchev–Trinajstić information content (AvgIpc) is 3.78. The number of rotatable bonds is 5. The van der Waals surface area contributed by atoms with Gasteiger partial charge in [0.15, 0.2) is 5.58 Å². The molecule has 0 bridgehead atoms. The third kappa shape index (κ3) is 4.68. The molecular formula is C45H28N2OS. The van der Waals surface area contributed by atoms with E-state index in [-0.39, 0.29) is 0 Å². The summed E-state index contributed by atoms with van der Waals surface area (Å²) in [5.41, 5.74) is 8.27. The minimum Gasteiger partial charge on any atom is -0.435 e. The van der Waals surface area contributed by atoms with Gasteiger partial charge in [-0.1, -0.05) is 103 Å². The largest absolute Gasteiger partial charge is 0.435 e. The van der Waals surface area contributed by atoms with E-state index in [1.165, 1.54) is 31.3 Å². The smallest absolute Gasteiger partial charge is 0.227 e. The third-order valence-corrected chi connectivity index (χ3v) is 10.6. The van der Waals surface area contributed by atoms with Gasteiger partial charge in [-0.3, -0.25) is 0 Å². The second-order valence-electron chi connectivity index (χ2n) is 12.4. The van der Waals surface area contributed by atoms with Crippen molar-refractivity contribution in [2.24, 2.45) is 0 Å². The molecule has 2 heterocycles. The first-order valence-corrected chi connectivity index (χ1v) is 17.3. The minimum absolute atomic E-state index is 0.631. The first-order chi connectivity index (χ1) is 24.3. The fourth-order valence-corrected chi connectivity index (χ4v) is 8.19. The highest BCUT2D eigenvalue weighted by Gasteiger charge is 2.18. The number of anilines is 3. The van der Waals surface area contributed by atoms with E-state index in [9.17, 15) is 0 Å². The maximum Gasteiger partial charge on any atom is 0.227 e. The predicted octanol–water partition coefficient (Wildman–Crippen LogP) is 13.3. The van der Waals surface area contributed by atoms with Crippen LogP contribution in [0.15, 0.2) is 174 Å². The van der Waals surface area contributed by atoms with Crippen LogP contribution in [0.1, 0.15) is 0 Å². The van der Waals surface area contributed by atoms with Gasteiger partial charge in [0.05, 0.1) is 0 Å². The molecule has 0 saturated carbocycles. The molecule has 230 valence electrons. The van der Waals surface area contributed by atoms with Crippen LogP contribution in [0.3, 0.4) is 0 Å². The van der Waals surface area contributed by atoms with Crippen molar-refractivity contribution in [2.75, 3.05) is 4.90 Å². The van der Waals surface area contributed by atoms with E-state index in [4.69, 9.17) is 9.40 Å². The molecule has 0 amide bonds. The molecule has 0 spiro atoms. The van der Waals surface area contributed by atoms with E-state index in [1.54, 1.807) is 0 Å². The van der Waals surface area contributed by atoms with E-state index >= 15 is 0 Å². The van der Waals surface area contributed by atoms with Crippen molar-refractivity contribution in [1.82, 2.24) is 4.98 Å². The molecule has 49 heavy (non-hydrogen) atoms. The van der Waals surface area contributed by atoms with Crippen LogP contribution in [-0.4, -0.2) is 4.98 Å². The highest BCUT2D eigenvalue weighted by Crippen LogP contribution is 2.43. The standard InChI is InChI=1S/C45H28N2OS/c1-3-10-29(11-4-1)33-14-9-15-34(26-33)47(36-23-25-42-39(28-36)37-16-7-8-17-41(37)49-42)35-22-20-30-18-19-31-21-24-40-44(43(31)38(30)27-35)48-45(46-40)32-12-5-2-6-13-32/h1-28H. The summed E-state index contributed by atoms with van der Waals surface area (Å²) in [5.74, 6) is 0.631. The maximum absolute atomic E-state index is 6.57. The molecule has 0 unspecified atom stereocenters. The second-order valence-corrected chi connectivity index (χ2v) is 13.5. The zero-order chi connectivity index (χ0) is 32.3. The summed E-state index contributed by atoms with van der Waals surface area (Å²) in [7, 11) is 0. The Morgan fingerprint density at radius 2 is 1.08 bits per heavy atom. The Morgan fingerprint density at radius 3 is 1.94 bits per heavy atom. The van der Waals surface area contributed by atoms with Crippen LogP contribution in [0, 0.1) is 0 Å². The second kappa shape index (κ2) is 11.2. The van der Waals surface area contributed by atoms with Gasteiger partial charge >= 0.3 is 0 Å². The summed E-state index contributed by atoms with van der Waals surface area (Å²) < 4.78 is 9.15. The molecule has 2 aromatic heterocycles. The molecule has 10 rings (SSSR count). The number of hydrogen-bond acceptors (Lipinski definition) is 4. The quantitative estimate of drug-likeness (QED) is 0.175. The van der Waals surface area contributed by atoms with Gasteiger partial charge in [0, 0.05) is 48.2 Å². The van der Waals surface area contributed by atoms with Gasteiger partial charge in [0.25, 0.3) is 0 Å². The summed E-state index contributed by atoms with van der Waals surface area (Å²) >= 11 is 1.84. The SMILES string of the molecule is c1ccc(-c2cccc(N(c3ccc4sc5ccccc5c4c3)c3ccc4ccc5ccc6nc(-c7ccccc7)oc6c5c4c3)c2)cc1. The van der Waals surface area contributed by atoms with Crippen LogP contribution < -0.4 is 4.90 Å². The van der Waals surface area contributed by atoms with E-state index in [0.717, 1.165) is 55.3 Å². The monoisotopic (exact) mass is 644 g/mol. The molecule has 0 aliphatic carbocycles. The summed E-state index contributed by atoms with van der Waals surface area (Å²) in [4.78, 5) is 7.29. The van der Waals surface area contributed by atoms with E-state index in [2.05, 4.69) is 144 Å². The van der Waals surface area contributed by atoms with E-state index < -0.39 is 0 Å². The number of thiophene rings is 1. The van der Waals surface area contributed by atoms with Crippen molar-refractivity contribution in [3.05, 3.63) is 170 Å². The van der Waals surface area contributed by atoms with Crippen LogP contribution in [0.25, 0.3) is 75.4 Å². The lowest BCUT2D eigenvalue weighted by molar-refractivity contribution is 0.623. The summed E-state index contributed by atoms with van der Waals surface area (Å²) in [6.45, 7) is 0. The van der Waals surface area contributed by atoms with Gasteiger partial charge in [-0.25, -0.2) is 4.98 Å². The number of benzene rings is 8. The molecule has 10 aromatic rings. The van der Waals surface area contributed by atoms with Crippen molar-refractivity contribution in [1.29, 1.82) is 0 Å². The lowest BCUT2D eigenvalue weighted by atomic mass is 9.99. The Kier molecular flexibility index (Phi) is 6.36. The van der Waals surface area contributed by atoms with Crippen molar-refractivity contribution >= 4 is 81.2 Å². The lowest BCUT2D eigenvalue weighted by Gasteiger charge is -2.26. The number of fused-ring (bicyclic) bond motifs is 8. The van der Waals surface area contributed by atoms with Crippen LogP contribution in [0.4, 0.5) is 17.1 Å². The first kappa shape index (κ1) is 27.8. The maximum atomic E-state index is 6.57. The van der Waals surface area contributed by atoms with E-state index in [0.29, 0.717) is 5.89 Å². The van der Waals surface area contributed by atoms with Gasteiger partial charge in [-0.05, 0) is 94.0 Å². The van der Waals surface area contributed by atoms with Gasteiger partial charge in [0.2, 0.25) is 5.89 Å². The molecule has 3 nitrogen and oxygen atoms in total. The molecule has 0 atom stereocenters. The van der Waals surface area contributed by atoms with Gasteiger partial charge < -0.3 is 9.32 Å². The Hall–Kier alpha value is -6.23. The Balaban J connectivity index is 1.22. The Morgan fingerprint density at radius 1 is 0.449 bits per heavy atom. The highest BCUT2D eigenvalue weighted by atomic mass is 32.1. The van der Waals surface area contributed by atoms with Crippen LogP contribution in [0.5, 0.6) is 0 Å². The van der Waals surface area contributed by atoms with Crippen LogP contribution in [-0.2, 0) is 0 Å². The first-order valence-electron chi connectivity index (χ1n) is 16.5.